The zero-order valence-corrected chi connectivity index (χ0v) is 13.5. The smallest absolute Gasteiger partial charge is 0.313 e. The molecule has 1 aromatic carbocycles. The summed E-state index contributed by atoms with van der Waals surface area (Å²) < 4.78 is 0. The van der Waals surface area contributed by atoms with Gasteiger partial charge >= 0.3 is 11.8 Å². The molecule has 0 spiro atoms. The summed E-state index contributed by atoms with van der Waals surface area (Å²) in [6.45, 7) is 5.43. The number of rotatable bonds is 1. The van der Waals surface area contributed by atoms with Gasteiger partial charge < -0.3 is 10.2 Å². The lowest BCUT2D eigenvalue weighted by Crippen LogP contribution is -2.47. The number of carbonyl (C=O) groups is 2. The zero-order valence-electron chi connectivity index (χ0n) is 12.0. The van der Waals surface area contributed by atoms with Crippen LogP contribution < -0.4 is 5.32 Å². The molecule has 1 aliphatic rings. The number of hydrogen-bond donors (Lipinski definition) is 1. The first-order chi connectivity index (χ1) is 9.86. The highest BCUT2D eigenvalue weighted by Crippen LogP contribution is 2.25. The van der Waals surface area contributed by atoms with Crippen molar-refractivity contribution in [1.29, 1.82) is 0 Å². The first-order valence-electron chi connectivity index (χ1n) is 6.92. The Bertz CT molecular complexity index is 553. The number of piperidine rings is 1. The monoisotopic (exact) mass is 328 g/mol. The number of carbonyl (C=O) groups excluding carboxylic acids is 2. The first kappa shape index (κ1) is 16.1. The van der Waals surface area contributed by atoms with E-state index in [9.17, 15) is 9.59 Å². The fourth-order valence-corrected chi connectivity index (χ4v) is 3.03. The third-order valence-corrected chi connectivity index (χ3v) is 4.27. The molecule has 0 bridgehead atoms. The van der Waals surface area contributed by atoms with Gasteiger partial charge in [-0.05, 0) is 36.5 Å². The fourth-order valence-electron chi connectivity index (χ4n) is 2.73. The molecule has 1 fully saturated rings. The van der Waals surface area contributed by atoms with E-state index in [0.717, 1.165) is 6.42 Å². The number of nitrogens with one attached hydrogen (secondary N) is 1. The Hall–Kier alpha value is -1.26. The van der Waals surface area contributed by atoms with Crippen molar-refractivity contribution in [2.45, 2.75) is 20.3 Å². The van der Waals surface area contributed by atoms with Gasteiger partial charge in [0.15, 0.2) is 0 Å². The summed E-state index contributed by atoms with van der Waals surface area (Å²) in [5.41, 5.74) is 0.459. The van der Waals surface area contributed by atoms with Crippen LogP contribution in [0.5, 0.6) is 0 Å². The molecule has 2 unspecified atom stereocenters. The number of likely N-dealkylation sites (tertiary alicyclic amines) is 1. The Kier molecular flexibility index (Phi) is 5.12. The molecule has 0 aliphatic carbocycles. The van der Waals surface area contributed by atoms with Crippen LogP contribution in [0.2, 0.25) is 10.0 Å². The van der Waals surface area contributed by atoms with Gasteiger partial charge in [0.25, 0.3) is 0 Å². The van der Waals surface area contributed by atoms with E-state index in [1.54, 1.807) is 17.0 Å². The summed E-state index contributed by atoms with van der Waals surface area (Å²) in [4.78, 5) is 25.9. The van der Waals surface area contributed by atoms with Crippen LogP contribution in [0.15, 0.2) is 18.2 Å². The predicted molar refractivity (Wildman–Crippen MR) is 84.6 cm³/mol. The summed E-state index contributed by atoms with van der Waals surface area (Å²) in [6, 6.07) is 4.71. The summed E-state index contributed by atoms with van der Waals surface area (Å²) in [7, 11) is 0. The van der Waals surface area contributed by atoms with E-state index in [-0.39, 0.29) is 0 Å². The van der Waals surface area contributed by atoms with Crippen molar-refractivity contribution < 1.29 is 9.59 Å². The number of nitrogens with zero attached hydrogens (tertiary/aromatic N) is 1. The Morgan fingerprint density at radius 3 is 2.33 bits per heavy atom. The Labute approximate surface area is 134 Å². The predicted octanol–water partition coefficient (Wildman–Crippen LogP) is 3.44. The molecule has 21 heavy (non-hydrogen) atoms. The second kappa shape index (κ2) is 6.67. The maximum absolute atomic E-state index is 12.2. The number of hydrogen-bond acceptors (Lipinski definition) is 2. The van der Waals surface area contributed by atoms with E-state index in [4.69, 9.17) is 23.2 Å². The minimum absolute atomic E-state index is 0.335. The lowest BCUT2D eigenvalue weighted by Gasteiger charge is -2.34. The van der Waals surface area contributed by atoms with Gasteiger partial charge in [0.05, 0.1) is 10.0 Å². The van der Waals surface area contributed by atoms with E-state index < -0.39 is 11.8 Å². The molecule has 1 aromatic rings. The molecule has 0 aromatic heterocycles. The third kappa shape index (κ3) is 4.11. The van der Waals surface area contributed by atoms with Crippen molar-refractivity contribution in [3.8, 4) is 0 Å². The van der Waals surface area contributed by atoms with Crippen LogP contribution in [0, 0.1) is 11.8 Å². The maximum atomic E-state index is 12.2. The fraction of sp³-hybridized carbons (Fsp3) is 0.467. The van der Waals surface area contributed by atoms with Crippen LogP contribution in [0.1, 0.15) is 20.3 Å². The molecule has 2 rings (SSSR count). The maximum Gasteiger partial charge on any atom is 0.313 e. The molecular formula is C15H18Cl2N2O2. The standard InChI is InChI=1S/C15H18Cl2N2O2/c1-9-5-10(2)8-19(7-9)15(21)14(20)18-11-3-4-12(16)13(17)6-11/h3-4,6,9-10H,5,7-8H2,1-2H3,(H,18,20). The summed E-state index contributed by atoms with van der Waals surface area (Å²) >= 11 is 11.7. The highest BCUT2D eigenvalue weighted by Gasteiger charge is 2.29. The molecule has 2 amide bonds. The zero-order chi connectivity index (χ0) is 15.6. The van der Waals surface area contributed by atoms with Crippen molar-refractivity contribution in [3.05, 3.63) is 28.2 Å². The number of amides is 2. The quantitative estimate of drug-likeness (QED) is 0.803. The van der Waals surface area contributed by atoms with Gasteiger partial charge in [0.2, 0.25) is 0 Å². The average Bonchev–Trinajstić information content (AvgIpc) is 2.41. The molecule has 6 heteroatoms. The van der Waals surface area contributed by atoms with Gasteiger partial charge in [0.1, 0.15) is 0 Å². The van der Waals surface area contributed by atoms with Crippen molar-refractivity contribution in [3.63, 3.8) is 0 Å². The van der Waals surface area contributed by atoms with Gasteiger partial charge in [-0.3, -0.25) is 9.59 Å². The van der Waals surface area contributed by atoms with Crippen LogP contribution in [0.4, 0.5) is 5.69 Å². The second-order valence-electron chi connectivity index (χ2n) is 5.74. The van der Waals surface area contributed by atoms with Gasteiger partial charge in [-0.25, -0.2) is 0 Å². The van der Waals surface area contributed by atoms with Gasteiger partial charge in [-0.2, -0.15) is 0 Å². The number of halogens is 2. The van der Waals surface area contributed by atoms with Crippen molar-refractivity contribution in [1.82, 2.24) is 4.90 Å². The van der Waals surface area contributed by atoms with E-state index in [1.807, 2.05) is 0 Å². The minimum Gasteiger partial charge on any atom is -0.334 e. The van der Waals surface area contributed by atoms with Gasteiger partial charge in [-0.15, -0.1) is 0 Å². The molecule has 2 atom stereocenters. The average molecular weight is 329 g/mol. The lowest BCUT2D eigenvalue weighted by molar-refractivity contribution is -0.144. The van der Waals surface area contributed by atoms with Crippen molar-refractivity contribution >= 4 is 40.7 Å². The molecule has 4 nitrogen and oxygen atoms in total. The highest BCUT2D eigenvalue weighted by atomic mass is 35.5. The summed E-state index contributed by atoms with van der Waals surface area (Å²) in [5, 5.41) is 3.30. The third-order valence-electron chi connectivity index (χ3n) is 3.53. The Balaban J connectivity index is 2.02. The van der Waals surface area contributed by atoms with Crippen LogP contribution >= 0.6 is 23.2 Å². The van der Waals surface area contributed by atoms with E-state index in [2.05, 4.69) is 19.2 Å². The van der Waals surface area contributed by atoms with Crippen molar-refractivity contribution in [2.24, 2.45) is 11.8 Å². The topological polar surface area (TPSA) is 49.4 Å². The van der Waals surface area contributed by atoms with Crippen LogP contribution in [-0.2, 0) is 9.59 Å². The molecule has 0 saturated carbocycles. The Morgan fingerprint density at radius 2 is 1.76 bits per heavy atom. The highest BCUT2D eigenvalue weighted by molar-refractivity contribution is 6.42. The second-order valence-corrected chi connectivity index (χ2v) is 6.55. The molecule has 1 N–H and O–H groups in total. The summed E-state index contributed by atoms with van der Waals surface area (Å²) in [5.74, 6) is -0.319. The van der Waals surface area contributed by atoms with E-state index in [0.29, 0.717) is 40.7 Å². The summed E-state index contributed by atoms with van der Waals surface area (Å²) in [6.07, 6.45) is 1.08. The van der Waals surface area contributed by atoms with E-state index >= 15 is 0 Å². The van der Waals surface area contributed by atoms with Crippen LogP contribution in [0.25, 0.3) is 0 Å². The largest absolute Gasteiger partial charge is 0.334 e. The minimum atomic E-state index is -0.644. The SMILES string of the molecule is CC1CC(C)CN(C(=O)C(=O)Nc2ccc(Cl)c(Cl)c2)C1. The van der Waals surface area contributed by atoms with Gasteiger partial charge in [0, 0.05) is 18.8 Å². The van der Waals surface area contributed by atoms with Crippen LogP contribution in [0.3, 0.4) is 0 Å². The molecule has 114 valence electrons. The van der Waals surface area contributed by atoms with Crippen LogP contribution in [-0.4, -0.2) is 29.8 Å². The van der Waals surface area contributed by atoms with Crippen molar-refractivity contribution in [2.75, 3.05) is 18.4 Å². The molecule has 1 saturated heterocycles. The molecule has 1 heterocycles. The number of anilines is 1. The normalized spacial score (nSPS) is 22.0. The Morgan fingerprint density at radius 1 is 1.14 bits per heavy atom. The molecule has 0 radical (unpaired) electrons. The molecular weight excluding hydrogens is 311 g/mol. The number of benzene rings is 1. The lowest BCUT2D eigenvalue weighted by atomic mass is 9.92. The molecule has 1 aliphatic heterocycles. The van der Waals surface area contributed by atoms with Gasteiger partial charge in [-0.1, -0.05) is 37.0 Å². The van der Waals surface area contributed by atoms with E-state index in [1.165, 1.54) is 6.07 Å². The first-order valence-corrected chi connectivity index (χ1v) is 7.67.